The van der Waals surface area contributed by atoms with Crippen molar-refractivity contribution in [2.24, 2.45) is 0 Å². The highest BCUT2D eigenvalue weighted by Crippen LogP contribution is 2.31. The number of halogens is 1. The lowest BCUT2D eigenvalue weighted by atomic mass is 10.2. The van der Waals surface area contributed by atoms with Gasteiger partial charge in [-0.3, -0.25) is 4.98 Å². The van der Waals surface area contributed by atoms with Crippen LogP contribution >= 0.6 is 11.6 Å². The lowest BCUT2D eigenvalue weighted by molar-refractivity contribution is 0.472. The van der Waals surface area contributed by atoms with Gasteiger partial charge in [0.2, 0.25) is 0 Å². The van der Waals surface area contributed by atoms with Gasteiger partial charge >= 0.3 is 0 Å². The number of hydrogen-bond acceptors (Lipinski definition) is 3. The molecule has 1 aromatic heterocycles. The highest BCUT2D eigenvalue weighted by molar-refractivity contribution is 6.32. The van der Waals surface area contributed by atoms with E-state index in [0.29, 0.717) is 10.8 Å². The van der Waals surface area contributed by atoms with E-state index in [9.17, 15) is 0 Å². The van der Waals surface area contributed by atoms with Gasteiger partial charge in [-0.2, -0.15) is 0 Å². The number of aryl methyl sites for hydroxylation is 2. The van der Waals surface area contributed by atoms with E-state index < -0.39 is 0 Å². The Kier molecular flexibility index (Phi) is 4.99. The minimum atomic E-state index is 0.611. The Morgan fingerprint density at radius 2 is 1.95 bits per heavy atom. The fourth-order valence-corrected chi connectivity index (χ4v) is 2.25. The zero-order chi connectivity index (χ0) is 14.5. The van der Waals surface area contributed by atoms with E-state index in [1.165, 1.54) is 0 Å². The molecular formula is C16H19ClN2O. The Labute approximate surface area is 124 Å². The molecular weight excluding hydrogens is 272 g/mol. The molecule has 0 aliphatic heterocycles. The molecule has 2 rings (SSSR count). The first-order valence-electron chi connectivity index (χ1n) is 6.71. The van der Waals surface area contributed by atoms with E-state index in [-0.39, 0.29) is 0 Å². The molecule has 0 saturated heterocycles. The van der Waals surface area contributed by atoms with Crippen LogP contribution in [0, 0.1) is 6.92 Å². The van der Waals surface area contributed by atoms with Crippen molar-refractivity contribution in [3.63, 3.8) is 0 Å². The van der Waals surface area contributed by atoms with Crippen molar-refractivity contribution in [1.29, 1.82) is 0 Å². The van der Waals surface area contributed by atoms with Crippen molar-refractivity contribution < 1.29 is 4.74 Å². The average Bonchev–Trinajstić information content (AvgIpc) is 2.43. The average molecular weight is 291 g/mol. The quantitative estimate of drug-likeness (QED) is 0.899. The molecule has 0 unspecified atom stereocenters. The smallest absolute Gasteiger partial charge is 0.148 e. The number of pyridine rings is 1. The van der Waals surface area contributed by atoms with Gasteiger partial charge < -0.3 is 10.1 Å². The van der Waals surface area contributed by atoms with Crippen molar-refractivity contribution in [1.82, 2.24) is 10.3 Å². The molecule has 4 heteroatoms. The van der Waals surface area contributed by atoms with Gasteiger partial charge in [0.05, 0.1) is 10.7 Å². The summed E-state index contributed by atoms with van der Waals surface area (Å²) < 4.78 is 5.90. The molecule has 3 nitrogen and oxygen atoms in total. The van der Waals surface area contributed by atoms with Gasteiger partial charge in [-0.05, 0) is 50.2 Å². The monoisotopic (exact) mass is 290 g/mol. The predicted octanol–water partition coefficient (Wildman–Crippen LogP) is 4.12. The standard InChI is InChI=1S/C16H19ClN2O/c1-4-14-16(7-5-11(2)19-14)20-15-8-6-12(10-18-3)9-13(15)17/h5-9,18H,4,10H2,1-3H3. The van der Waals surface area contributed by atoms with E-state index >= 15 is 0 Å². The molecule has 0 spiro atoms. The largest absolute Gasteiger partial charge is 0.454 e. The molecule has 0 bridgehead atoms. The Morgan fingerprint density at radius 1 is 1.20 bits per heavy atom. The Hall–Kier alpha value is -1.58. The van der Waals surface area contributed by atoms with E-state index in [1.54, 1.807) is 0 Å². The molecule has 0 saturated carbocycles. The topological polar surface area (TPSA) is 34.1 Å². The van der Waals surface area contributed by atoms with Crippen LogP contribution in [0.2, 0.25) is 5.02 Å². The first kappa shape index (κ1) is 14.8. The molecule has 0 amide bonds. The van der Waals surface area contributed by atoms with Crippen LogP contribution < -0.4 is 10.1 Å². The molecule has 2 aromatic rings. The van der Waals surface area contributed by atoms with E-state index in [4.69, 9.17) is 16.3 Å². The van der Waals surface area contributed by atoms with Crippen LogP contribution in [0.3, 0.4) is 0 Å². The summed E-state index contributed by atoms with van der Waals surface area (Å²) in [4.78, 5) is 4.49. The number of hydrogen-bond donors (Lipinski definition) is 1. The summed E-state index contributed by atoms with van der Waals surface area (Å²) in [6.45, 7) is 4.82. The van der Waals surface area contributed by atoms with Crippen LogP contribution in [0.4, 0.5) is 0 Å². The highest BCUT2D eigenvalue weighted by atomic mass is 35.5. The van der Waals surface area contributed by atoms with E-state index in [1.807, 2.05) is 44.3 Å². The summed E-state index contributed by atoms with van der Waals surface area (Å²) in [5.74, 6) is 1.42. The molecule has 1 heterocycles. The van der Waals surface area contributed by atoms with Gasteiger partial charge in [0.15, 0.2) is 0 Å². The summed E-state index contributed by atoms with van der Waals surface area (Å²) in [7, 11) is 1.91. The third-order valence-electron chi connectivity index (χ3n) is 3.00. The van der Waals surface area contributed by atoms with Crippen molar-refractivity contribution in [2.75, 3.05) is 7.05 Å². The fraction of sp³-hybridized carbons (Fsp3) is 0.312. The summed E-state index contributed by atoms with van der Waals surface area (Å²) in [6.07, 6.45) is 0.826. The second kappa shape index (κ2) is 6.73. The zero-order valence-electron chi connectivity index (χ0n) is 12.0. The van der Waals surface area contributed by atoms with Crippen molar-refractivity contribution in [3.8, 4) is 11.5 Å². The van der Waals surface area contributed by atoms with Gasteiger partial charge in [0.25, 0.3) is 0 Å². The summed E-state index contributed by atoms with van der Waals surface area (Å²) in [5, 5.41) is 3.71. The number of aromatic nitrogens is 1. The van der Waals surface area contributed by atoms with Crippen LogP contribution in [0.1, 0.15) is 23.9 Å². The van der Waals surface area contributed by atoms with Crippen molar-refractivity contribution >= 4 is 11.6 Å². The molecule has 0 radical (unpaired) electrons. The van der Waals surface area contributed by atoms with Gasteiger partial charge in [0, 0.05) is 12.2 Å². The zero-order valence-corrected chi connectivity index (χ0v) is 12.8. The third kappa shape index (κ3) is 3.50. The normalized spacial score (nSPS) is 10.6. The molecule has 0 atom stereocenters. The first-order chi connectivity index (χ1) is 9.63. The Bertz CT molecular complexity index is 599. The lowest BCUT2D eigenvalue weighted by Gasteiger charge is -2.12. The third-order valence-corrected chi connectivity index (χ3v) is 3.30. The summed E-state index contributed by atoms with van der Waals surface area (Å²) in [6, 6.07) is 9.71. The second-order valence-corrected chi connectivity index (χ2v) is 5.06. The van der Waals surface area contributed by atoms with Crippen LogP contribution in [0.15, 0.2) is 30.3 Å². The van der Waals surface area contributed by atoms with Gasteiger partial charge in [-0.1, -0.05) is 24.6 Å². The van der Waals surface area contributed by atoms with Crippen molar-refractivity contribution in [3.05, 3.63) is 52.3 Å². The number of benzene rings is 1. The van der Waals surface area contributed by atoms with Crippen LogP contribution in [-0.2, 0) is 13.0 Å². The molecule has 106 valence electrons. The highest BCUT2D eigenvalue weighted by Gasteiger charge is 2.09. The maximum Gasteiger partial charge on any atom is 0.148 e. The molecule has 0 fully saturated rings. The maximum absolute atomic E-state index is 6.27. The van der Waals surface area contributed by atoms with Gasteiger partial charge in [-0.25, -0.2) is 0 Å². The number of nitrogens with one attached hydrogen (secondary N) is 1. The van der Waals surface area contributed by atoms with Crippen molar-refractivity contribution in [2.45, 2.75) is 26.8 Å². The summed E-state index contributed by atoms with van der Waals surface area (Å²) >= 11 is 6.27. The molecule has 1 N–H and O–H groups in total. The lowest BCUT2D eigenvalue weighted by Crippen LogP contribution is -2.04. The molecule has 20 heavy (non-hydrogen) atoms. The number of rotatable bonds is 5. The van der Waals surface area contributed by atoms with Gasteiger partial charge in [0.1, 0.15) is 11.5 Å². The van der Waals surface area contributed by atoms with Gasteiger partial charge in [-0.15, -0.1) is 0 Å². The number of nitrogens with zero attached hydrogens (tertiary/aromatic N) is 1. The van der Waals surface area contributed by atoms with Crippen LogP contribution in [-0.4, -0.2) is 12.0 Å². The molecule has 1 aromatic carbocycles. The Balaban J connectivity index is 2.26. The SMILES string of the molecule is CCc1nc(C)ccc1Oc1ccc(CNC)cc1Cl. The molecule has 0 aliphatic rings. The summed E-state index contributed by atoms with van der Waals surface area (Å²) in [5.41, 5.74) is 3.06. The Morgan fingerprint density at radius 3 is 2.60 bits per heavy atom. The number of ether oxygens (including phenoxy) is 1. The van der Waals surface area contributed by atoms with Crippen LogP contribution in [0.25, 0.3) is 0 Å². The van der Waals surface area contributed by atoms with E-state index in [2.05, 4.69) is 17.2 Å². The van der Waals surface area contributed by atoms with E-state index in [0.717, 1.165) is 35.7 Å². The first-order valence-corrected chi connectivity index (χ1v) is 7.09. The second-order valence-electron chi connectivity index (χ2n) is 4.65. The fourth-order valence-electron chi connectivity index (χ4n) is 2.00. The maximum atomic E-state index is 6.27. The minimum absolute atomic E-state index is 0.611. The molecule has 0 aliphatic carbocycles. The van der Waals surface area contributed by atoms with Crippen LogP contribution in [0.5, 0.6) is 11.5 Å². The predicted molar refractivity (Wildman–Crippen MR) is 82.6 cm³/mol. The minimum Gasteiger partial charge on any atom is -0.454 e.